The van der Waals surface area contributed by atoms with Gasteiger partial charge in [-0.1, -0.05) is 12.1 Å². The van der Waals surface area contributed by atoms with E-state index in [1.165, 1.54) is 55.5 Å². The summed E-state index contributed by atoms with van der Waals surface area (Å²) < 4.78 is 33.8. The third-order valence-electron chi connectivity index (χ3n) is 8.69. The largest absolute Gasteiger partial charge is 0.508 e. The molecule has 0 radical (unpaired) electrons. The molecule has 0 bridgehead atoms. The van der Waals surface area contributed by atoms with Crippen LogP contribution >= 0.6 is 0 Å². The Hall–Kier alpha value is -5.24. The Bertz CT molecular complexity index is 2010. The zero-order valence-corrected chi connectivity index (χ0v) is 27.7. The fraction of sp³-hybridized carbons (Fsp3) is 0.333. The van der Waals surface area contributed by atoms with Crippen molar-refractivity contribution in [3.63, 3.8) is 0 Å². The van der Waals surface area contributed by atoms with Gasteiger partial charge in [0.25, 0.3) is 0 Å². The summed E-state index contributed by atoms with van der Waals surface area (Å²) in [4.78, 5) is 26.4. The van der Waals surface area contributed by atoms with Gasteiger partial charge >= 0.3 is 5.97 Å². The van der Waals surface area contributed by atoms with Crippen LogP contribution in [-0.4, -0.2) is 120 Å². The monoisotopic (exact) mass is 740 g/mol. The van der Waals surface area contributed by atoms with Crippen molar-refractivity contribution in [2.45, 2.75) is 68.3 Å². The molecule has 0 saturated carbocycles. The van der Waals surface area contributed by atoms with E-state index in [9.17, 15) is 55.5 Å². The first-order chi connectivity index (χ1) is 25.2. The van der Waals surface area contributed by atoms with Crippen LogP contribution in [0, 0.1) is 0 Å². The predicted octanol–water partition coefficient (Wildman–Crippen LogP) is 0.226. The third kappa shape index (κ3) is 7.92. The van der Waals surface area contributed by atoms with Gasteiger partial charge in [-0.3, -0.25) is 4.79 Å². The molecule has 1 aromatic heterocycles. The van der Waals surface area contributed by atoms with Crippen molar-refractivity contribution in [2.24, 2.45) is 0 Å². The highest BCUT2D eigenvalue weighted by molar-refractivity contribution is 5.88. The summed E-state index contributed by atoms with van der Waals surface area (Å²) in [5.41, 5.74) is -0.555. The van der Waals surface area contributed by atoms with Crippen LogP contribution in [-0.2, 0) is 19.0 Å². The number of aromatic hydroxyl groups is 3. The van der Waals surface area contributed by atoms with Crippen molar-refractivity contribution >= 4 is 23.0 Å². The van der Waals surface area contributed by atoms with Crippen LogP contribution in [0.15, 0.2) is 76.0 Å². The van der Waals surface area contributed by atoms with Gasteiger partial charge in [-0.25, -0.2) is 4.79 Å². The van der Waals surface area contributed by atoms with E-state index in [4.69, 9.17) is 28.1 Å². The molecule has 3 heterocycles. The summed E-state index contributed by atoms with van der Waals surface area (Å²) in [6.07, 6.45) is -13.7. The van der Waals surface area contributed by atoms with Gasteiger partial charge in [-0.2, -0.15) is 0 Å². The van der Waals surface area contributed by atoms with E-state index in [1.807, 2.05) is 0 Å². The Balaban J connectivity index is 1.29. The summed E-state index contributed by atoms with van der Waals surface area (Å²) >= 11 is 0. The second kappa shape index (κ2) is 15.4. The van der Waals surface area contributed by atoms with Gasteiger partial charge < -0.3 is 74.1 Å². The van der Waals surface area contributed by atoms with E-state index in [1.54, 1.807) is 12.1 Å². The molecular formula is C36H36O17. The quantitative estimate of drug-likeness (QED) is 0.0820. The van der Waals surface area contributed by atoms with Gasteiger partial charge in [0.15, 0.2) is 5.76 Å². The van der Waals surface area contributed by atoms with Crippen molar-refractivity contribution < 1.29 is 78.9 Å². The normalized spacial score (nSPS) is 28.9. The molecule has 2 aliphatic heterocycles. The number of phenolic OH excluding ortho intramolecular Hbond substituents is 3. The molecule has 2 aliphatic rings. The third-order valence-corrected chi connectivity index (χ3v) is 8.69. The molecule has 282 valence electrons. The lowest BCUT2D eigenvalue weighted by Gasteiger charge is -2.39. The lowest BCUT2D eigenvalue weighted by molar-refractivity contribution is -0.278. The molecule has 3 aromatic carbocycles. The number of benzene rings is 3. The van der Waals surface area contributed by atoms with Crippen molar-refractivity contribution in [1.82, 2.24) is 0 Å². The van der Waals surface area contributed by atoms with E-state index in [-0.39, 0.29) is 34.2 Å². The Kier molecular flexibility index (Phi) is 10.9. The van der Waals surface area contributed by atoms with E-state index in [2.05, 4.69) is 0 Å². The number of carbonyl (C=O) groups is 1. The van der Waals surface area contributed by atoms with Gasteiger partial charge in [0, 0.05) is 23.8 Å². The average Bonchev–Trinajstić information content (AvgIpc) is 3.13. The van der Waals surface area contributed by atoms with Crippen LogP contribution in [0.1, 0.15) is 12.5 Å². The predicted molar refractivity (Wildman–Crippen MR) is 180 cm³/mol. The van der Waals surface area contributed by atoms with E-state index >= 15 is 0 Å². The van der Waals surface area contributed by atoms with E-state index < -0.39 is 96.3 Å². The minimum absolute atomic E-state index is 0.0320. The topological polar surface area (TPSA) is 276 Å². The number of fused-ring (bicyclic) bond motifs is 1. The smallest absolute Gasteiger partial charge is 0.330 e. The van der Waals surface area contributed by atoms with Crippen molar-refractivity contribution in [3.8, 4) is 40.1 Å². The number of rotatable bonds is 9. The van der Waals surface area contributed by atoms with Crippen LogP contribution in [0.5, 0.6) is 28.7 Å². The minimum Gasteiger partial charge on any atom is -0.508 e. The highest BCUT2D eigenvalue weighted by atomic mass is 16.7. The second-order valence-electron chi connectivity index (χ2n) is 12.4. The number of hydrogen-bond acceptors (Lipinski definition) is 17. The summed E-state index contributed by atoms with van der Waals surface area (Å²) in [6.45, 7) is 0.817. The maximum Gasteiger partial charge on any atom is 0.330 e. The standard InChI is InChI=1S/C36H36O17/c1-15-26(41)29(44)31(46)35(49-15)50-20-12-21(39)25-22(13-20)51-33(17-5-9-19(38)10-6-17)34(28(25)43)53-36-32(47)30(45)27(42)23(52-36)14-48-24(40)11-4-16-2-7-18(37)8-3-16/h2-13,15,23,26-27,29-32,35-39,41-42,44-47H,14H2,1H3/b11-4+/t15?,23?,26-,27+,29?,30?,31-,32?,35-,36-/m0/s1. The molecule has 6 rings (SSSR count). The average molecular weight is 741 g/mol. The van der Waals surface area contributed by atoms with Crippen LogP contribution in [0.4, 0.5) is 0 Å². The number of phenols is 3. The number of aliphatic hydroxyl groups is 6. The van der Waals surface area contributed by atoms with Crippen molar-refractivity contribution in [1.29, 1.82) is 0 Å². The number of esters is 1. The van der Waals surface area contributed by atoms with Crippen LogP contribution < -0.4 is 14.9 Å². The highest BCUT2D eigenvalue weighted by Crippen LogP contribution is 2.38. The molecule has 5 unspecified atom stereocenters. The molecule has 0 aliphatic carbocycles. The van der Waals surface area contributed by atoms with Crippen LogP contribution in [0.2, 0.25) is 0 Å². The van der Waals surface area contributed by atoms with Gasteiger partial charge in [0.2, 0.25) is 23.8 Å². The molecule has 9 N–H and O–H groups in total. The second-order valence-corrected chi connectivity index (χ2v) is 12.4. The molecule has 4 aromatic rings. The fourth-order valence-electron chi connectivity index (χ4n) is 5.71. The minimum atomic E-state index is -1.96. The summed E-state index contributed by atoms with van der Waals surface area (Å²) in [6, 6.07) is 13.4. The lowest BCUT2D eigenvalue weighted by atomic mass is 9.99. The summed E-state index contributed by atoms with van der Waals surface area (Å²) in [7, 11) is 0. The molecule has 17 heteroatoms. The van der Waals surface area contributed by atoms with Gasteiger partial charge in [0.05, 0.1) is 6.10 Å². The Labute approximate surface area is 299 Å². The Morgan fingerprint density at radius 3 is 2.02 bits per heavy atom. The lowest BCUT2D eigenvalue weighted by Crippen LogP contribution is -2.60. The Morgan fingerprint density at radius 1 is 0.755 bits per heavy atom. The van der Waals surface area contributed by atoms with Crippen molar-refractivity contribution in [3.05, 3.63) is 82.5 Å². The fourth-order valence-corrected chi connectivity index (χ4v) is 5.71. The van der Waals surface area contributed by atoms with Gasteiger partial charge in [-0.15, -0.1) is 0 Å². The number of ether oxygens (including phenoxy) is 5. The number of aliphatic hydroxyl groups excluding tert-OH is 6. The molecule has 2 saturated heterocycles. The molecule has 17 nitrogen and oxygen atoms in total. The molecule has 2 fully saturated rings. The first-order valence-corrected chi connectivity index (χ1v) is 16.2. The van der Waals surface area contributed by atoms with Crippen LogP contribution in [0.3, 0.4) is 0 Å². The summed E-state index contributed by atoms with van der Waals surface area (Å²) in [5.74, 6) is -2.78. The maximum absolute atomic E-state index is 14.0. The van der Waals surface area contributed by atoms with E-state index in [0.29, 0.717) is 5.56 Å². The highest BCUT2D eigenvalue weighted by Gasteiger charge is 2.46. The number of carbonyl (C=O) groups excluding carboxylic acids is 1. The Morgan fingerprint density at radius 2 is 1.36 bits per heavy atom. The zero-order valence-electron chi connectivity index (χ0n) is 27.7. The van der Waals surface area contributed by atoms with Gasteiger partial charge in [-0.05, 0) is 55.0 Å². The molecule has 0 amide bonds. The first kappa shape index (κ1) is 37.5. The van der Waals surface area contributed by atoms with E-state index in [0.717, 1.165) is 12.1 Å². The maximum atomic E-state index is 14.0. The zero-order chi connectivity index (χ0) is 38.1. The molecule has 0 spiro atoms. The molecule has 53 heavy (non-hydrogen) atoms. The van der Waals surface area contributed by atoms with Crippen LogP contribution in [0.25, 0.3) is 28.4 Å². The SMILES string of the molecule is CC1O[C@@H](Oc2cc(O)c3c(=O)c(O[C@@H]4OC(COC(=O)/C=C/c5ccc(O)cc5)[C@@H](O)C(O)C4O)c(-c4ccc(O)cc4)oc3c2)[C@@H](O)C(O)[C@H]1O. The van der Waals surface area contributed by atoms with Crippen molar-refractivity contribution in [2.75, 3.05) is 6.61 Å². The molecular weight excluding hydrogens is 704 g/mol. The first-order valence-electron chi connectivity index (χ1n) is 16.2. The summed E-state index contributed by atoms with van der Waals surface area (Å²) in [5, 5.41) is 92.5. The number of hydrogen-bond donors (Lipinski definition) is 9. The van der Waals surface area contributed by atoms with Gasteiger partial charge in [0.1, 0.15) is 83.3 Å². The molecule has 10 atom stereocenters.